The molecule has 0 aliphatic heterocycles. The van der Waals surface area contributed by atoms with Crippen LogP contribution in [-0.2, 0) is 16.1 Å². The Morgan fingerprint density at radius 2 is 1.40 bits per heavy atom. The molecule has 2 N–H and O–H groups in total. The number of aryl methyl sites for hydroxylation is 2. The van der Waals surface area contributed by atoms with Crippen LogP contribution in [0, 0.1) is 13.8 Å². The van der Waals surface area contributed by atoms with Crippen molar-refractivity contribution >= 4 is 23.8 Å². The lowest BCUT2D eigenvalue weighted by Gasteiger charge is -2.14. The predicted molar refractivity (Wildman–Crippen MR) is 167 cm³/mol. The van der Waals surface area contributed by atoms with Crippen LogP contribution in [0.3, 0.4) is 0 Å². The highest BCUT2D eigenvalue weighted by Gasteiger charge is 2.09. The number of carbonyl (C=O) groups is 3. The maximum atomic E-state index is 13.0. The number of rotatable bonds is 12. The fourth-order valence-corrected chi connectivity index (χ4v) is 4.06. The molecule has 0 heterocycles. The summed E-state index contributed by atoms with van der Waals surface area (Å²) in [6.07, 6.45) is 4.64. The quantitative estimate of drug-likeness (QED) is 0.214. The van der Waals surface area contributed by atoms with Crippen molar-refractivity contribution in [1.29, 1.82) is 0 Å². The molecule has 0 saturated heterocycles. The van der Waals surface area contributed by atoms with Gasteiger partial charge in [0.25, 0.3) is 0 Å². The molecule has 0 atom stereocenters. The molecule has 0 fully saturated rings. The Hall–Kier alpha value is -4.53. The van der Waals surface area contributed by atoms with Gasteiger partial charge in [0.15, 0.2) is 5.78 Å². The Bertz CT molecular complexity index is 1400. The predicted octanol–water partition coefficient (Wildman–Crippen LogP) is 5.58. The zero-order valence-corrected chi connectivity index (χ0v) is 25.1. The van der Waals surface area contributed by atoms with E-state index in [1.165, 1.54) is 11.1 Å². The van der Waals surface area contributed by atoms with Gasteiger partial charge in [-0.3, -0.25) is 4.79 Å². The van der Waals surface area contributed by atoms with Crippen molar-refractivity contribution in [2.45, 2.75) is 20.4 Å². The Morgan fingerprint density at radius 1 is 0.762 bits per heavy atom. The lowest BCUT2D eigenvalue weighted by Crippen LogP contribution is -2.19. The summed E-state index contributed by atoms with van der Waals surface area (Å²) in [7, 11) is 8.09. The molecule has 222 valence electrons. The second-order valence-electron chi connectivity index (χ2n) is 10.4. The fourth-order valence-electron chi connectivity index (χ4n) is 4.06. The highest BCUT2D eigenvalue weighted by atomic mass is 16.5. The standard InChI is InChI=1S/C30H36N2O2.C4H4O4/c1-22-16-23(2)18-28(17-22)25-11-13-30(34-15-14-31(3)4)27(20-25)10-12-29(33)26-9-7-8-24(19-26)21-32(5)6;5-3(6)1-2-4(7)8/h7-13,16-20H,14-15,21H2,1-6H3;1-2H,(H,5,6)(H,7,8)/b12-10+;2-1+. The lowest BCUT2D eigenvalue weighted by atomic mass is 9.98. The van der Waals surface area contributed by atoms with Crippen LogP contribution in [0.15, 0.2) is 78.9 Å². The van der Waals surface area contributed by atoms with Crippen molar-refractivity contribution in [1.82, 2.24) is 9.80 Å². The van der Waals surface area contributed by atoms with Crippen molar-refractivity contribution in [3.8, 4) is 16.9 Å². The van der Waals surface area contributed by atoms with E-state index in [4.69, 9.17) is 14.9 Å². The van der Waals surface area contributed by atoms with Crippen LogP contribution in [0.1, 0.15) is 32.6 Å². The third kappa shape index (κ3) is 12.3. The van der Waals surface area contributed by atoms with Gasteiger partial charge in [0, 0.05) is 36.4 Å². The highest BCUT2D eigenvalue weighted by Crippen LogP contribution is 2.29. The number of benzene rings is 3. The van der Waals surface area contributed by atoms with Crippen LogP contribution in [0.2, 0.25) is 0 Å². The molecule has 3 aromatic carbocycles. The van der Waals surface area contributed by atoms with Crippen LogP contribution in [0.25, 0.3) is 17.2 Å². The number of ketones is 1. The van der Waals surface area contributed by atoms with Gasteiger partial charge < -0.3 is 24.7 Å². The molecule has 0 spiro atoms. The minimum atomic E-state index is -1.26. The first-order chi connectivity index (χ1) is 19.8. The number of ether oxygens (including phenoxy) is 1. The number of nitrogens with zero attached hydrogens (tertiary/aromatic N) is 2. The van der Waals surface area contributed by atoms with Gasteiger partial charge in [-0.05, 0) is 89.1 Å². The van der Waals surface area contributed by atoms with Gasteiger partial charge >= 0.3 is 11.9 Å². The minimum absolute atomic E-state index is 0.0170. The number of carboxylic acid groups (broad SMARTS) is 2. The third-order valence-electron chi connectivity index (χ3n) is 5.85. The molecule has 0 aliphatic rings. The Balaban J connectivity index is 0.000000675. The van der Waals surface area contributed by atoms with Crippen molar-refractivity contribution < 1.29 is 29.3 Å². The number of hydrogen-bond donors (Lipinski definition) is 2. The average molecular weight is 573 g/mol. The van der Waals surface area contributed by atoms with E-state index in [1.54, 1.807) is 6.08 Å². The number of likely N-dealkylation sites (N-methyl/N-ethyl adjacent to an activating group) is 1. The highest BCUT2D eigenvalue weighted by molar-refractivity contribution is 6.07. The van der Waals surface area contributed by atoms with Gasteiger partial charge in [-0.15, -0.1) is 0 Å². The third-order valence-corrected chi connectivity index (χ3v) is 5.85. The second kappa shape index (κ2) is 16.7. The monoisotopic (exact) mass is 572 g/mol. The van der Waals surface area contributed by atoms with Crippen LogP contribution >= 0.6 is 0 Å². The molecule has 0 unspecified atom stereocenters. The van der Waals surface area contributed by atoms with Gasteiger partial charge in [0.2, 0.25) is 0 Å². The van der Waals surface area contributed by atoms with Crippen LogP contribution in [0.5, 0.6) is 5.75 Å². The van der Waals surface area contributed by atoms with Gasteiger partial charge in [-0.1, -0.05) is 53.6 Å². The summed E-state index contributed by atoms with van der Waals surface area (Å²) in [4.78, 5) is 36.3. The van der Waals surface area contributed by atoms with E-state index in [2.05, 4.69) is 54.0 Å². The first kappa shape index (κ1) is 33.7. The Morgan fingerprint density at radius 3 is 1.98 bits per heavy atom. The SMILES string of the molecule is Cc1cc(C)cc(-c2ccc(OCCN(C)C)c(/C=C/C(=O)c3cccc(CN(C)C)c3)c2)c1.O=C(O)/C=C/C(=O)O. The molecule has 3 aromatic rings. The van der Waals surface area contributed by atoms with E-state index < -0.39 is 11.9 Å². The maximum absolute atomic E-state index is 13.0. The summed E-state index contributed by atoms with van der Waals surface area (Å²) in [6.45, 7) is 6.42. The fraction of sp³-hybridized carbons (Fsp3) is 0.265. The summed E-state index contributed by atoms with van der Waals surface area (Å²) in [6, 6.07) is 20.6. The van der Waals surface area contributed by atoms with E-state index in [-0.39, 0.29) is 5.78 Å². The van der Waals surface area contributed by atoms with Crippen molar-refractivity contribution in [2.75, 3.05) is 41.3 Å². The molecular weight excluding hydrogens is 532 g/mol. The molecule has 0 amide bonds. The van der Waals surface area contributed by atoms with Gasteiger partial charge in [0.1, 0.15) is 12.4 Å². The van der Waals surface area contributed by atoms with E-state index >= 15 is 0 Å². The summed E-state index contributed by atoms with van der Waals surface area (Å²) < 4.78 is 6.08. The molecule has 0 radical (unpaired) electrons. The second-order valence-corrected chi connectivity index (χ2v) is 10.4. The van der Waals surface area contributed by atoms with Gasteiger partial charge in [-0.25, -0.2) is 9.59 Å². The topological polar surface area (TPSA) is 107 Å². The van der Waals surface area contributed by atoms with E-state index in [0.717, 1.165) is 41.1 Å². The number of hydrogen-bond acceptors (Lipinski definition) is 6. The first-order valence-electron chi connectivity index (χ1n) is 13.4. The van der Waals surface area contributed by atoms with E-state index in [0.29, 0.717) is 24.3 Å². The zero-order valence-electron chi connectivity index (χ0n) is 25.1. The Labute approximate surface area is 248 Å². The minimum Gasteiger partial charge on any atom is -0.492 e. The summed E-state index contributed by atoms with van der Waals surface area (Å²) in [5.41, 5.74) is 7.43. The first-order valence-corrected chi connectivity index (χ1v) is 13.4. The zero-order chi connectivity index (χ0) is 31.2. The molecule has 8 nitrogen and oxygen atoms in total. The van der Waals surface area contributed by atoms with Crippen molar-refractivity contribution in [3.05, 3.63) is 107 Å². The largest absolute Gasteiger partial charge is 0.492 e. The molecule has 8 heteroatoms. The normalized spacial score (nSPS) is 11.1. The number of allylic oxidation sites excluding steroid dienone is 1. The Kier molecular flexibility index (Phi) is 13.4. The number of aliphatic carboxylic acids is 2. The summed E-state index contributed by atoms with van der Waals surface area (Å²) in [5, 5.41) is 15.6. The summed E-state index contributed by atoms with van der Waals surface area (Å²) >= 11 is 0. The number of carbonyl (C=O) groups excluding carboxylic acids is 1. The van der Waals surface area contributed by atoms with Crippen LogP contribution in [0.4, 0.5) is 0 Å². The lowest BCUT2D eigenvalue weighted by molar-refractivity contribution is -0.134. The molecule has 42 heavy (non-hydrogen) atoms. The van der Waals surface area contributed by atoms with Gasteiger partial charge in [-0.2, -0.15) is 0 Å². The molecule has 0 aromatic heterocycles. The van der Waals surface area contributed by atoms with Crippen LogP contribution < -0.4 is 4.74 Å². The smallest absolute Gasteiger partial charge is 0.328 e. The molecular formula is C34H40N2O6. The van der Waals surface area contributed by atoms with Crippen LogP contribution in [-0.4, -0.2) is 79.1 Å². The molecule has 3 rings (SSSR count). The maximum Gasteiger partial charge on any atom is 0.328 e. The van der Waals surface area contributed by atoms with Gasteiger partial charge in [0.05, 0.1) is 0 Å². The molecule has 0 bridgehead atoms. The average Bonchev–Trinajstić information content (AvgIpc) is 2.90. The molecule has 0 aliphatic carbocycles. The number of carboxylic acids is 2. The van der Waals surface area contributed by atoms with Crippen molar-refractivity contribution in [2.24, 2.45) is 0 Å². The van der Waals surface area contributed by atoms with Crippen molar-refractivity contribution in [3.63, 3.8) is 0 Å². The summed E-state index contributed by atoms with van der Waals surface area (Å²) in [5.74, 6) is -1.75. The van der Waals surface area contributed by atoms with E-state index in [9.17, 15) is 14.4 Å². The molecule has 0 saturated carbocycles. The van der Waals surface area contributed by atoms with E-state index in [1.807, 2.05) is 64.6 Å².